The van der Waals surface area contributed by atoms with Gasteiger partial charge in [-0.2, -0.15) is 0 Å². The summed E-state index contributed by atoms with van der Waals surface area (Å²) in [6.45, 7) is 0.665. The summed E-state index contributed by atoms with van der Waals surface area (Å²) in [6, 6.07) is 4.40. The third kappa shape index (κ3) is 1.67. The van der Waals surface area contributed by atoms with E-state index in [9.17, 15) is 4.79 Å². The van der Waals surface area contributed by atoms with Crippen molar-refractivity contribution in [3.8, 4) is 0 Å². The Morgan fingerprint density at radius 1 is 1.71 bits per heavy atom. The van der Waals surface area contributed by atoms with E-state index in [0.29, 0.717) is 12.6 Å². The first kappa shape index (κ1) is 9.68. The van der Waals surface area contributed by atoms with Gasteiger partial charge in [0.25, 0.3) is 0 Å². The molecule has 1 saturated heterocycles. The first-order valence-electron chi connectivity index (χ1n) is 4.65. The van der Waals surface area contributed by atoms with Crippen molar-refractivity contribution in [2.75, 3.05) is 13.6 Å². The first-order chi connectivity index (χ1) is 6.68. The smallest absolute Gasteiger partial charge is 0.307 e. The summed E-state index contributed by atoms with van der Waals surface area (Å²) in [5.74, 6) is -0.872. The molecular weight excluding hydrogens is 198 g/mol. The van der Waals surface area contributed by atoms with Crippen molar-refractivity contribution in [2.45, 2.75) is 12.5 Å². The SMILES string of the molecule is CN1C[C@H](C(=O)O)C[C@H]1c1cccs1. The third-order valence-corrected chi connectivity index (χ3v) is 3.74. The molecule has 2 atom stereocenters. The van der Waals surface area contributed by atoms with Crippen LogP contribution in [-0.4, -0.2) is 29.6 Å². The number of rotatable bonds is 2. The van der Waals surface area contributed by atoms with Gasteiger partial charge in [0.2, 0.25) is 0 Å². The highest BCUT2D eigenvalue weighted by molar-refractivity contribution is 7.10. The van der Waals surface area contributed by atoms with Crippen LogP contribution in [0.3, 0.4) is 0 Å². The van der Waals surface area contributed by atoms with Crippen molar-refractivity contribution in [3.63, 3.8) is 0 Å². The summed E-state index contributed by atoms with van der Waals surface area (Å²) < 4.78 is 0. The molecule has 2 rings (SSSR count). The number of carboxylic acid groups (broad SMARTS) is 1. The molecule has 1 aliphatic heterocycles. The van der Waals surface area contributed by atoms with Gasteiger partial charge in [-0.1, -0.05) is 6.07 Å². The Kier molecular flexibility index (Phi) is 2.56. The highest BCUT2D eigenvalue weighted by Crippen LogP contribution is 2.36. The van der Waals surface area contributed by atoms with Crippen LogP contribution in [0.15, 0.2) is 17.5 Å². The van der Waals surface area contributed by atoms with Crippen molar-refractivity contribution in [1.29, 1.82) is 0 Å². The quantitative estimate of drug-likeness (QED) is 0.811. The minimum Gasteiger partial charge on any atom is -0.481 e. The molecule has 14 heavy (non-hydrogen) atoms. The van der Waals surface area contributed by atoms with Gasteiger partial charge in [0.15, 0.2) is 0 Å². The number of carboxylic acids is 1. The molecule has 4 heteroatoms. The Labute approximate surface area is 87.0 Å². The van der Waals surface area contributed by atoms with Crippen molar-refractivity contribution in [3.05, 3.63) is 22.4 Å². The molecule has 1 aliphatic rings. The molecule has 0 saturated carbocycles. The number of aliphatic carboxylic acids is 1. The fraction of sp³-hybridized carbons (Fsp3) is 0.500. The maximum Gasteiger partial charge on any atom is 0.307 e. The minimum atomic E-state index is -0.670. The van der Waals surface area contributed by atoms with Gasteiger partial charge in [0, 0.05) is 17.5 Å². The molecule has 0 unspecified atom stereocenters. The topological polar surface area (TPSA) is 40.5 Å². The van der Waals surface area contributed by atoms with Crippen LogP contribution in [0.2, 0.25) is 0 Å². The number of likely N-dealkylation sites (tertiary alicyclic amines) is 1. The number of hydrogen-bond donors (Lipinski definition) is 1. The van der Waals surface area contributed by atoms with Crippen LogP contribution in [0.5, 0.6) is 0 Å². The van der Waals surface area contributed by atoms with Crippen molar-refractivity contribution < 1.29 is 9.90 Å². The predicted octanol–water partition coefficient (Wildman–Crippen LogP) is 1.83. The molecular formula is C10H13NO2S. The summed E-state index contributed by atoms with van der Waals surface area (Å²) in [7, 11) is 1.99. The fourth-order valence-electron chi connectivity index (χ4n) is 1.99. The zero-order chi connectivity index (χ0) is 10.1. The Balaban J connectivity index is 2.12. The molecule has 0 aliphatic carbocycles. The normalized spacial score (nSPS) is 28.1. The lowest BCUT2D eigenvalue weighted by atomic mass is 10.1. The molecule has 1 aromatic heterocycles. The van der Waals surface area contributed by atoms with Crippen LogP contribution in [0.4, 0.5) is 0 Å². The largest absolute Gasteiger partial charge is 0.481 e. The van der Waals surface area contributed by atoms with Crippen molar-refractivity contribution in [1.82, 2.24) is 4.90 Å². The number of nitrogens with zero attached hydrogens (tertiary/aromatic N) is 1. The summed E-state index contributed by atoms with van der Waals surface area (Å²) in [5.41, 5.74) is 0. The van der Waals surface area contributed by atoms with Crippen LogP contribution in [0, 0.1) is 5.92 Å². The molecule has 0 bridgehead atoms. The zero-order valence-electron chi connectivity index (χ0n) is 8.01. The molecule has 0 radical (unpaired) electrons. The van der Waals surface area contributed by atoms with E-state index < -0.39 is 5.97 Å². The Morgan fingerprint density at radius 2 is 2.50 bits per heavy atom. The minimum absolute atomic E-state index is 0.202. The maximum atomic E-state index is 10.8. The second-order valence-corrected chi connectivity index (χ2v) is 4.72. The van der Waals surface area contributed by atoms with Crippen LogP contribution in [-0.2, 0) is 4.79 Å². The lowest BCUT2D eigenvalue weighted by Crippen LogP contribution is -2.20. The summed E-state index contributed by atoms with van der Waals surface area (Å²) >= 11 is 1.70. The van der Waals surface area contributed by atoms with Crippen molar-refractivity contribution in [2.24, 2.45) is 5.92 Å². The van der Waals surface area contributed by atoms with Crippen LogP contribution >= 0.6 is 11.3 Å². The van der Waals surface area contributed by atoms with Crippen molar-refractivity contribution >= 4 is 17.3 Å². The molecule has 1 fully saturated rings. The van der Waals surface area contributed by atoms with E-state index in [2.05, 4.69) is 11.0 Å². The average Bonchev–Trinajstić information content (AvgIpc) is 2.71. The monoisotopic (exact) mass is 211 g/mol. The number of thiophene rings is 1. The van der Waals surface area contributed by atoms with E-state index in [1.807, 2.05) is 18.5 Å². The zero-order valence-corrected chi connectivity index (χ0v) is 8.83. The molecule has 76 valence electrons. The van der Waals surface area contributed by atoms with Gasteiger partial charge in [-0.05, 0) is 24.9 Å². The van der Waals surface area contributed by atoms with E-state index in [0.717, 1.165) is 6.42 Å². The average molecular weight is 211 g/mol. The van der Waals surface area contributed by atoms with Crippen LogP contribution < -0.4 is 0 Å². The second kappa shape index (κ2) is 3.71. The van der Waals surface area contributed by atoms with Gasteiger partial charge < -0.3 is 5.11 Å². The van der Waals surface area contributed by atoms with E-state index in [1.54, 1.807) is 11.3 Å². The lowest BCUT2D eigenvalue weighted by molar-refractivity contribution is -0.141. The molecule has 2 heterocycles. The third-order valence-electron chi connectivity index (χ3n) is 2.77. The highest BCUT2D eigenvalue weighted by Gasteiger charge is 2.34. The van der Waals surface area contributed by atoms with E-state index >= 15 is 0 Å². The second-order valence-electron chi connectivity index (χ2n) is 3.74. The standard InChI is InChI=1S/C10H13NO2S/c1-11-6-7(10(12)13)5-8(11)9-3-2-4-14-9/h2-4,7-8H,5-6H2,1H3,(H,12,13)/t7-,8+/m1/s1. The summed E-state index contributed by atoms with van der Waals surface area (Å²) in [4.78, 5) is 14.2. The van der Waals surface area contributed by atoms with E-state index in [4.69, 9.17) is 5.11 Å². The molecule has 1 aromatic rings. The number of hydrogen-bond acceptors (Lipinski definition) is 3. The molecule has 1 N–H and O–H groups in total. The summed E-state index contributed by atoms with van der Waals surface area (Å²) in [5, 5.41) is 11.0. The van der Waals surface area contributed by atoms with Gasteiger partial charge in [-0.25, -0.2) is 0 Å². The van der Waals surface area contributed by atoms with Gasteiger partial charge in [-0.15, -0.1) is 11.3 Å². The van der Waals surface area contributed by atoms with E-state index in [1.165, 1.54) is 4.88 Å². The molecule has 0 amide bonds. The molecule has 3 nitrogen and oxygen atoms in total. The molecule has 0 spiro atoms. The maximum absolute atomic E-state index is 10.8. The summed E-state index contributed by atoms with van der Waals surface area (Å²) in [6.07, 6.45) is 0.742. The molecule has 0 aromatic carbocycles. The predicted molar refractivity (Wildman–Crippen MR) is 55.4 cm³/mol. The van der Waals surface area contributed by atoms with Crippen LogP contribution in [0.1, 0.15) is 17.3 Å². The van der Waals surface area contributed by atoms with Gasteiger partial charge in [0.1, 0.15) is 0 Å². The Bertz CT molecular complexity index is 323. The first-order valence-corrected chi connectivity index (χ1v) is 5.53. The lowest BCUT2D eigenvalue weighted by Gasteiger charge is -2.16. The van der Waals surface area contributed by atoms with E-state index in [-0.39, 0.29) is 5.92 Å². The van der Waals surface area contributed by atoms with Crippen LogP contribution in [0.25, 0.3) is 0 Å². The number of carbonyl (C=O) groups is 1. The van der Waals surface area contributed by atoms with Gasteiger partial charge >= 0.3 is 5.97 Å². The fourth-order valence-corrected chi connectivity index (χ4v) is 2.90. The highest BCUT2D eigenvalue weighted by atomic mass is 32.1. The van der Waals surface area contributed by atoms with Gasteiger partial charge in [-0.3, -0.25) is 9.69 Å². The van der Waals surface area contributed by atoms with Gasteiger partial charge in [0.05, 0.1) is 5.92 Å². The Hall–Kier alpha value is -0.870. The Morgan fingerprint density at radius 3 is 3.00 bits per heavy atom.